The third kappa shape index (κ3) is 5.07. The molecule has 9 nitrogen and oxygen atoms in total. The lowest BCUT2D eigenvalue weighted by molar-refractivity contribution is -0.384. The number of amides is 1. The summed E-state index contributed by atoms with van der Waals surface area (Å²) in [6.45, 7) is 3.14. The highest BCUT2D eigenvalue weighted by molar-refractivity contribution is 7.89. The van der Waals surface area contributed by atoms with Crippen LogP contribution >= 0.6 is 0 Å². The third-order valence-electron chi connectivity index (χ3n) is 6.37. The van der Waals surface area contributed by atoms with Crippen LogP contribution in [0, 0.1) is 17.0 Å². The number of anilines is 1. The largest absolute Gasteiger partial charge is 0.319 e. The van der Waals surface area contributed by atoms with Crippen molar-refractivity contribution in [2.45, 2.75) is 37.5 Å². The fourth-order valence-corrected chi connectivity index (χ4v) is 5.97. The highest BCUT2D eigenvalue weighted by Crippen LogP contribution is 2.28. The Labute approximate surface area is 193 Å². The van der Waals surface area contributed by atoms with Crippen molar-refractivity contribution < 1.29 is 18.1 Å². The van der Waals surface area contributed by atoms with Gasteiger partial charge < -0.3 is 5.32 Å². The summed E-state index contributed by atoms with van der Waals surface area (Å²) in [5.74, 6) is -0.363. The number of piperazine rings is 1. The lowest BCUT2D eigenvalue weighted by Gasteiger charge is -2.33. The van der Waals surface area contributed by atoms with Crippen LogP contribution in [0.3, 0.4) is 0 Å². The van der Waals surface area contributed by atoms with Crippen molar-refractivity contribution in [2.24, 2.45) is 0 Å². The third-order valence-corrected chi connectivity index (χ3v) is 8.26. The van der Waals surface area contributed by atoms with Gasteiger partial charge in [0.25, 0.3) is 5.69 Å². The van der Waals surface area contributed by atoms with Crippen molar-refractivity contribution in [3.63, 3.8) is 0 Å². The second-order valence-electron chi connectivity index (χ2n) is 8.59. The molecule has 1 amide bonds. The van der Waals surface area contributed by atoms with Gasteiger partial charge in [-0.3, -0.25) is 19.8 Å². The number of sulfonamides is 1. The first-order valence-electron chi connectivity index (χ1n) is 11.1. The van der Waals surface area contributed by atoms with Gasteiger partial charge in [0.05, 0.1) is 16.4 Å². The Bertz CT molecular complexity index is 1170. The molecule has 1 fully saturated rings. The van der Waals surface area contributed by atoms with E-state index in [1.165, 1.54) is 15.9 Å². The van der Waals surface area contributed by atoms with Crippen molar-refractivity contribution in [3.05, 3.63) is 63.2 Å². The topological polar surface area (TPSA) is 113 Å². The first kappa shape index (κ1) is 23.3. The highest BCUT2D eigenvalue weighted by atomic mass is 32.2. The van der Waals surface area contributed by atoms with E-state index in [0.717, 1.165) is 31.2 Å². The van der Waals surface area contributed by atoms with Gasteiger partial charge in [-0.05, 0) is 61.4 Å². The van der Waals surface area contributed by atoms with Gasteiger partial charge >= 0.3 is 0 Å². The fraction of sp³-hybridized carbons (Fsp3) is 0.435. The Morgan fingerprint density at radius 2 is 1.76 bits per heavy atom. The van der Waals surface area contributed by atoms with Gasteiger partial charge in [0.1, 0.15) is 5.69 Å². The van der Waals surface area contributed by atoms with Gasteiger partial charge in [-0.2, -0.15) is 4.31 Å². The van der Waals surface area contributed by atoms with Crippen LogP contribution < -0.4 is 5.32 Å². The van der Waals surface area contributed by atoms with Gasteiger partial charge in [-0.1, -0.05) is 18.2 Å². The summed E-state index contributed by atoms with van der Waals surface area (Å²) in [6, 6.07) is 10.1. The van der Waals surface area contributed by atoms with E-state index in [2.05, 4.69) is 5.32 Å². The molecular formula is C23H28N4O5S. The van der Waals surface area contributed by atoms with E-state index in [9.17, 15) is 23.3 Å². The Hall–Kier alpha value is -2.82. The van der Waals surface area contributed by atoms with Crippen LogP contribution in [0.5, 0.6) is 0 Å². The molecule has 4 rings (SSSR count). The molecule has 176 valence electrons. The lowest BCUT2D eigenvalue weighted by atomic mass is 9.92. The molecule has 1 N–H and O–H groups in total. The molecule has 2 aromatic carbocycles. The number of nitro benzene ring substituents is 1. The molecule has 33 heavy (non-hydrogen) atoms. The summed E-state index contributed by atoms with van der Waals surface area (Å²) in [6.07, 6.45) is 4.15. The number of carbonyl (C=O) groups is 1. The normalized spacial score (nSPS) is 17.4. The average molecular weight is 473 g/mol. The number of para-hydroxylation sites is 1. The number of fused-ring (bicyclic) bond motifs is 1. The first-order valence-corrected chi connectivity index (χ1v) is 12.6. The average Bonchev–Trinajstić information content (AvgIpc) is 2.80. The molecule has 0 bridgehead atoms. The Morgan fingerprint density at radius 3 is 2.45 bits per heavy atom. The van der Waals surface area contributed by atoms with E-state index in [-0.39, 0.29) is 36.9 Å². The number of aryl methyl sites for hydroxylation is 3. The van der Waals surface area contributed by atoms with Gasteiger partial charge in [-0.15, -0.1) is 0 Å². The lowest BCUT2D eigenvalue weighted by Crippen LogP contribution is -2.50. The maximum atomic E-state index is 13.1. The summed E-state index contributed by atoms with van der Waals surface area (Å²) < 4.78 is 27.8. The molecule has 2 aromatic rings. The molecule has 0 atom stereocenters. The standard InChI is InChI=1S/C23H28N4O5S/c1-17-5-4-8-21(27(29)30)23(17)24-22(28)16-25-11-13-26(14-12-25)33(31,32)20-10-9-18-6-2-3-7-19(18)15-20/h4-5,8-10,15H,2-3,6-7,11-14,16H2,1H3,(H,24,28). The predicted molar refractivity (Wildman–Crippen MR) is 125 cm³/mol. The molecule has 2 aliphatic rings. The smallest absolute Gasteiger partial charge is 0.293 e. The zero-order valence-corrected chi connectivity index (χ0v) is 19.4. The van der Waals surface area contributed by atoms with E-state index in [0.29, 0.717) is 23.5 Å². The molecule has 1 saturated heterocycles. The van der Waals surface area contributed by atoms with Gasteiger partial charge in [-0.25, -0.2) is 8.42 Å². The molecule has 1 heterocycles. The Balaban J connectivity index is 1.36. The number of carbonyl (C=O) groups excluding carboxylic acids is 1. The molecule has 0 unspecified atom stereocenters. The van der Waals surface area contributed by atoms with E-state index in [1.54, 1.807) is 25.1 Å². The van der Waals surface area contributed by atoms with Gasteiger partial charge in [0.2, 0.25) is 15.9 Å². The number of hydrogen-bond acceptors (Lipinski definition) is 6. The van der Waals surface area contributed by atoms with Crippen LogP contribution in [0.25, 0.3) is 0 Å². The summed E-state index contributed by atoms with van der Waals surface area (Å²) in [4.78, 5) is 25.5. The Kier molecular flexibility index (Phi) is 6.78. The molecule has 0 saturated carbocycles. The fourth-order valence-electron chi connectivity index (χ4n) is 4.50. The highest BCUT2D eigenvalue weighted by Gasteiger charge is 2.30. The second-order valence-corrected chi connectivity index (χ2v) is 10.5. The predicted octanol–water partition coefficient (Wildman–Crippen LogP) is 2.73. The zero-order chi connectivity index (χ0) is 23.6. The van der Waals surface area contributed by atoms with Gasteiger partial charge in [0, 0.05) is 32.2 Å². The number of nitrogens with one attached hydrogen (secondary N) is 1. The minimum Gasteiger partial charge on any atom is -0.319 e. The summed E-state index contributed by atoms with van der Waals surface area (Å²) in [5, 5.41) is 13.9. The van der Waals surface area contributed by atoms with E-state index >= 15 is 0 Å². The van der Waals surface area contributed by atoms with Crippen molar-refractivity contribution in [1.29, 1.82) is 0 Å². The maximum absolute atomic E-state index is 13.1. The molecule has 10 heteroatoms. The van der Waals surface area contributed by atoms with Crippen LogP contribution in [0.2, 0.25) is 0 Å². The molecular weight excluding hydrogens is 444 g/mol. The zero-order valence-electron chi connectivity index (χ0n) is 18.6. The Morgan fingerprint density at radius 1 is 1.06 bits per heavy atom. The van der Waals surface area contributed by atoms with E-state index < -0.39 is 14.9 Å². The van der Waals surface area contributed by atoms with Crippen molar-refractivity contribution in [2.75, 3.05) is 38.0 Å². The van der Waals surface area contributed by atoms with Crippen LogP contribution in [-0.4, -0.2) is 61.2 Å². The van der Waals surface area contributed by atoms with Crippen LogP contribution in [-0.2, 0) is 27.7 Å². The summed E-state index contributed by atoms with van der Waals surface area (Å²) >= 11 is 0. The van der Waals surface area contributed by atoms with E-state index in [1.807, 2.05) is 17.0 Å². The van der Waals surface area contributed by atoms with Crippen molar-refractivity contribution in [1.82, 2.24) is 9.21 Å². The second kappa shape index (κ2) is 9.58. The molecule has 1 aliphatic heterocycles. The summed E-state index contributed by atoms with van der Waals surface area (Å²) in [7, 11) is -3.59. The van der Waals surface area contributed by atoms with Crippen LogP contribution in [0.1, 0.15) is 29.5 Å². The van der Waals surface area contributed by atoms with Crippen molar-refractivity contribution >= 4 is 27.3 Å². The molecule has 0 radical (unpaired) electrons. The van der Waals surface area contributed by atoms with Crippen LogP contribution in [0.15, 0.2) is 41.3 Å². The maximum Gasteiger partial charge on any atom is 0.293 e. The number of rotatable bonds is 6. The summed E-state index contributed by atoms with van der Waals surface area (Å²) in [5.41, 5.74) is 3.02. The number of hydrogen-bond donors (Lipinski definition) is 1. The minimum atomic E-state index is -3.59. The molecule has 1 aliphatic carbocycles. The number of nitrogens with zero attached hydrogens (tertiary/aromatic N) is 3. The first-order chi connectivity index (χ1) is 15.8. The SMILES string of the molecule is Cc1cccc([N+](=O)[O-])c1NC(=O)CN1CCN(S(=O)(=O)c2ccc3c(c2)CCCC3)CC1. The number of benzene rings is 2. The number of nitro groups is 1. The van der Waals surface area contributed by atoms with Gasteiger partial charge in [0.15, 0.2) is 0 Å². The van der Waals surface area contributed by atoms with Crippen LogP contribution in [0.4, 0.5) is 11.4 Å². The van der Waals surface area contributed by atoms with Crippen molar-refractivity contribution in [3.8, 4) is 0 Å². The molecule has 0 aromatic heterocycles. The quantitative estimate of drug-likeness (QED) is 0.511. The molecule has 0 spiro atoms. The minimum absolute atomic E-state index is 0.0399. The van der Waals surface area contributed by atoms with E-state index in [4.69, 9.17) is 0 Å². The monoisotopic (exact) mass is 472 g/mol.